The fraction of sp³-hybridized carbons (Fsp3) is 1.00. The molecule has 0 radical (unpaired) electrons. The zero-order valence-corrected chi connectivity index (χ0v) is 14.0. The van der Waals surface area contributed by atoms with E-state index in [1.165, 1.54) is 51.4 Å². The number of aliphatic hydroxyl groups is 1. The second-order valence-corrected chi connectivity index (χ2v) is 7.42. The van der Waals surface area contributed by atoms with Gasteiger partial charge in [-0.3, -0.25) is 0 Å². The van der Waals surface area contributed by atoms with Gasteiger partial charge < -0.3 is 15.2 Å². The van der Waals surface area contributed by atoms with Gasteiger partial charge in [-0.1, -0.05) is 39.5 Å². The first kappa shape index (κ1) is 17.2. The summed E-state index contributed by atoms with van der Waals surface area (Å²) in [5, 5.41) is 13.5. The summed E-state index contributed by atoms with van der Waals surface area (Å²) in [5.41, 5.74) is 0. The van der Waals surface area contributed by atoms with Gasteiger partial charge in [-0.15, -0.1) is 0 Å². The Kier molecular flexibility index (Phi) is 7.48. The minimum Gasteiger partial charge on any atom is -0.389 e. The van der Waals surface area contributed by atoms with Gasteiger partial charge in [0.15, 0.2) is 0 Å². The molecular weight excluding hydrogens is 262 g/mol. The molecule has 2 fully saturated rings. The van der Waals surface area contributed by atoms with Crippen LogP contribution in [0.2, 0.25) is 0 Å². The van der Waals surface area contributed by atoms with Gasteiger partial charge in [-0.05, 0) is 50.0 Å². The van der Waals surface area contributed by atoms with E-state index in [-0.39, 0.29) is 6.10 Å². The molecule has 0 aromatic rings. The quantitative estimate of drug-likeness (QED) is 0.722. The molecule has 2 aliphatic carbocycles. The molecule has 3 nitrogen and oxygen atoms in total. The van der Waals surface area contributed by atoms with Crippen molar-refractivity contribution < 1.29 is 9.84 Å². The lowest BCUT2D eigenvalue weighted by Crippen LogP contribution is -2.36. The molecule has 0 aromatic carbocycles. The van der Waals surface area contributed by atoms with Gasteiger partial charge in [0.05, 0.1) is 18.8 Å². The highest BCUT2D eigenvalue weighted by Gasteiger charge is 2.25. The van der Waals surface area contributed by atoms with Gasteiger partial charge in [0, 0.05) is 6.54 Å². The second kappa shape index (κ2) is 9.12. The van der Waals surface area contributed by atoms with Crippen LogP contribution in [0.15, 0.2) is 0 Å². The fourth-order valence-electron chi connectivity index (χ4n) is 4.12. The number of nitrogens with one attached hydrogen (secondary N) is 1. The zero-order valence-electron chi connectivity index (χ0n) is 14.0. The summed E-state index contributed by atoms with van der Waals surface area (Å²) in [5.74, 6) is 2.41. The van der Waals surface area contributed by atoms with Crippen molar-refractivity contribution in [1.82, 2.24) is 5.32 Å². The summed E-state index contributed by atoms with van der Waals surface area (Å²) in [7, 11) is 0. The molecule has 21 heavy (non-hydrogen) atoms. The Labute approximate surface area is 130 Å². The summed E-state index contributed by atoms with van der Waals surface area (Å²) >= 11 is 0. The molecule has 3 heteroatoms. The summed E-state index contributed by atoms with van der Waals surface area (Å²) in [6, 6.07) is 0. The van der Waals surface area contributed by atoms with E-state index in [2.05, 4.69) is 19.2 Å². The summed E-state index contributed by atoms with van der Waals surface area (Å²) in [6.07, 6.45) is 10.4. The average Bonchev–Trinajstić information content (AvgIpc) is 2.91. The molecule has 5 atom stereocenters. The molecule has 124 valence electrons. The van der Waals surface area contributed by atoms with Crippen molar-refractivity contribution in [3.63, 3.8) is 0 Å². The maximum Gasteiger partial charge on any atom is 0.0897 e. The normalized spacial score (nSPS) is 35.0. The van der Waals surface area contributed by atoms with Crippen molar-refractivity contribution in [1.29, 1.82) is 0 Å². The number of aliphatic hydroxyl groups excluding tert-OH is 1. The first-order chi connectivity index (χ1) is 10.2. The summed E-state index contributed by atoms with van der Waals surface area (Å²) in [6.45, 7) is 6.83. The van der Waals surface area contributed by atoms with Crippen molar-refractivity contribution in [2.24, 2.45) is 17.8 Å². The molecule has 0 bridgehead atoms. The Morgan fingerprint density at radius 1 is 1.19 bits per heavy atom. The van der Waals surface area contributed by atoms with Gasteiger partial charge in [0.2, 0.25) is 0 Å². The smallest absolute Gasteiger partial charge is 0.0897 e. The van der Waals surface area contributed by atoms with Crippen molar-refractivity contribution in [2.75, 3.05) is 19.7 Å². The van der Waals surface area contributed by atoms with Crippen LogP contribution in [-0.2, 0) is 4.74 Å². The third-order valence-electron chi connectivity index (χ3n) is 5.48. The third-order valence-corrected chi connectivity index (χ3v) is 5.48. The monoisotopic (exact) mass is 297 g/mol. The van der Waals surface area contributed by atoms with Gasteiger partial charge in [-0.25, -0.2) is 0 Å². The van der Waals surface area contributed by atoms with Crippen molar-refractivity contribution in [3.05, 3.63) is 0 Å². The van der Waals surface area contributed by atoms with Gasteiger partial charge in [0.1, 0.15) is 0 Å². The van der Waals surface area contributed by atoms with E-state index in [0.717, 1.165) is 18.4 Å². The number of ether oxygens (including phenoxy) is 1. The Morgan fingerprint density at radius 2 is 2.00 bits per heavy atom. The molecule has 0 heterocycles. The van der Waals surface area contributed by atoms with Crippen molar-refractivity contribution in [2.45, 2.75) is 77.4 Å². The molecule has 5 unspecified atom stereocenters. The summed E-state index contributed by atoms with van der Waals surface area (Å²) < 4.78 is 6.00. The fourth-order valence-corrected chi connectivity index (χ4v) is 4.12. The molecule has 2 saturated carbocycles. The van der Waals surface area contributed by atoms with Crippen LogP contribution in [0.25, 0.3) is 0 Å². The molecule has 2 N–H and O–H groups in total. The molecule has 0 spiro atoms. The zero-order chi connectivity index (χ0) is 15.1. The van der Waals surface area contributed by atoms with E-state index in [1.54, 1.807) is 0 Å². The van der Waals surface area contributed by atoms with Crippen LogP contribution >= 0.6 is 0 Å². The highest BCUT2D eigenvalue weighted by atomic mass is 16.5. The first-order valence-electron chi connectivity index (χ1n) is 9.19. The largest absolute Gasteiger partial charge is 0.389 e. The maximum absolute atomic E-state index is 10.1. The van der Waals surface area contributed by atoms with Gasteiger partial charge >= 0.3 is 0 Å². The Hall–Kier alpha value is -0.120. The summed E-state index contributed by atoms with van der Waals surface area (Å²) in [4.78, 5) is 0. The minimum atomic E-state index is -0.358. The Bertz CT molecular complexity index is 284. The van der Waals surface area contributed by atoms with Crippen LogP contribution < -0.4 is 5.32 Å². The molecular formula is C18H35NO2. The van der Waals surface area contributed by atoms with E-state index < -0.39 is 0 Å². The van der Waals surface area contributed by atoms with Crippen LogP contribution in [0.4, 0.5) is 0 Å². The van der Waals surface area contributed by atoms with E-state index >= 15 is 0 Å². The standard InChI is InChI=1S/C18H35NO2/c1-3-16-6-4-5-7-18(16)21-13-17(20)12-19-11-15-9-8-14(2)10-15/h14-20H,3-13H2,1-2H3. The van der Waals surface area contributed by atoms with Gasteiger partial charge in [0.25, 0.3) is 0 Å². The average molecular weight is 297 g/mol. The molecule has 0 saturated heterocycles. The van der Waals surface area contributed by atoms with Crippen molar-refractivity contribution in [3.8, 4) is 0 Å². The molecule has 0 aromatic heterocycles. The number of hydrogen-bond acceptors (Lipinski definition) is 3. The molecule has 0 amide bonds. The lowest BCUT2D eigenvalue weighted by molar-refractivity contribution is -0.0499. The predicted octanol–water partition coefficient (Wildman–Crippen LogP) is 3.36. The Morgan fingerprint density at radius 3 is 2.71 bits per heavy atom. The van der Waals surface area contributed by atoms with Crippen molar-refractivity contribution >= 4 is 0 Å². The van der Waals surface area contributed by atoms with Gasteiger partial charge in [-0.2, -0.15) is 0 Å². The van der Waals surface area contributed by atoms with E-state index in [0.29, 0.717) is 25.2 Å². The van der Waals surface area contributed by atoms with E-state index in [4.69, 9.17) is 4.74 Å². The lowest BCUT2D eigenvalue weighted by atomic mass is 9.85. The van der Waals surface area contributed by atoms with E-state index in [9.17, 15) is 5.11 Å². The van der Waals surface area contributed by atoms with Crippen LogP contribution in [0, 0.1) is 17.8 Å². The topological polar surface area (TPSA) is 41.5 Å². The van der Waals surface area contributed by atoms with Crippen LogP contribution in [0.1, 0.15) is 65.2 Å². The lowest BCUT2D eigenvalue weighted by Gasteiger charge is -2.31. The predicted molar refractivity (Wildman–Crippen MR) is 87.4 cm³/mol. The Balaban J connectivity index is 1.55. The van der Waals surface area contributed by atoms with Crippen LogP contribution in [0.5, 0.6) is 0 Å². The molecule has 0 aliphatic heterocycles. The third kappa shape index (κ3) is 5.88. The highest BCUT2D eigenvalue weighted by Crippen LogP contribution is 2.30. The second-order valence-electron chi connectivity index (χ2n) is 7.42. The number of rotatable bonds is 8. The maximum atomic E-state index is 10.1. The number of hydrogen-bond donors (Lipinski definition) is 2. The van der Waals surface area contributed by atoms with E-state index in [1.807, 2.05) is 0 Å². The molecule has 2 rings (SSSR count). The SMILES string of the molecule is CCC1CCCCC1OCC(O)CNCC1CCC(C)C1. The first-order valence-corrected chi connectivity index (χ1v) is 9.19. The molecule has 2 aliphatic rings. The van der Waals surface area contributed by atoms with Crippen LogP contribution in [-0.4, -0.2) is 37.0 Å². The highest BCUT2D eigenvalue weighted by molar-refractivity contribution is 4.77. The van der Waals surface area contributed by atoms with Crippen LogP contribution in [0.3, 0.4) is 0 Å². The minimum absolute atomic E-state index is 0.358.